The quantitative estimate of drug-likeness (QED) is 0.802. The molecule has 0 aliphatic carbocycles. The number of morpholine rings is 1. The zero-order valence-corrected chi connectivity index (χ0v) is 16.4. The highest BCUT2D eigenvalue weighted by atomic mass is 32.1. The molecule has 3 heterocycles. The number of thiophene rings is 1. The molecule has 0 saturated carbocycles. The second kappa shape index (κ2) is 8.72. The van der Waals surface area contributed by atoms with Crippen molar-refractivity contribution in [1.29, 1.82) is 0 Å². The summed E-state index contributed by atoms with van der Waals surface area (Å²) in [6.07, 6.45) is 0.347. The molecule has 0 atom stereocenters. The minimum absolute atomic E-state index is 0.0166. The van der Waals surface area contributed by atoms with E-state index in [1.54, 1.807) is 22.3 Å². The number of nitrogens with one attached hydrogen (secondary N) is 1. The van der Waals surface area contributed by atoms with Gasteiger partial charge in [0, 0.05) is 42.8 Å². The summed E-state index contributed by atoms with van der Waals surface area (Å²) in [5.74, 6) is 0.504. The van der Waals surface area contributed by atoms with Gasteiger partial charge in [0.1, 0.15) is 5.75 Å². The largest absolute Gasteiger partial charge is 0.481 e. The van der Waals surface area contributed by atoms with Gasteiger partial charge in [-0.3, -0.25) is 14.5 Å². The Bertz CT molecular complexity index is 834. The van der Waals surface area contributed by atoms with Crippen molar-refractivity contribution in [3.05, 3.63) is 40.6 Å². The SMILES string of the molecule is O=C(Cc1cccs1)Nc1ccc2c(c1)OCC(=O)N2CCN1CCOCC1. The summed E-state index contributed by atoms with van der Waals surface area (Å²) in [7, 11) is 0. The topological polar surface area (TPSA) is 71.1 Å². The van der Waals surface area contributed by atoms with E-state index in [9.17, 15) is 9.59 Å². The van der Waals surface area contributed by atoms with Crippen LogP contribution in [-0.4, -0.2) is 62.7 Å². The van der Waals surface area contributed by atoms with Crippen molar-refractivity contribution in [1.82, 2.24) is 4.90 Å². The molecule has 1 N–H and O–H groups in total. The normalized spacial score (nSPS) is 17.1. The van der Waals surface area contributed by atoms with Crippen molar-refractivity contribution in [2.24, 2.45) is 0 Å². The standard InChI is InChI=1S/C20H23N3O4S/c24-19(13-16-2-1-11-28-16)21-15-3-4-17-18(12-15)27-14-20(25)23(17)6-5-22-7-9-26-10-8-22/h1-4,11-12H,5-10,13-14H2,(H,21,24). The number of fused-ring (bicyclic) bond motifs is 1. The molecule has 4 rings (SSSR count). The van der Waals surface area contributed by atoms with E-state index in [-0.39, 0.29) is 18.4 Å². The number of hydrogen-bond donors (Lipinski definition) is 1. The monoisotopic (exact) mass is 401 g/mol. The number of hydrogen-bond acceptors (Lipinski definition) is 6. The highest BCUT2D eigenvalue weighted by molar-refractivity contribution is 7.10. The van der Waals surface area contributed by atoms with E-state index >= 15 is 0 Å². The third-order valence-electron chi connectivity index (χ3n) is 4.84. The van der Waals surface area contributed by atoms with E-state index in [0.717, 1.165) is 43.4 Å². The number of rotatable bonds is 6. The van der Waals surface area contributed by atoms with E-state index in [1.165, 1.54) is 0 Å². The maximum atomic E-state index is 12.4. The van der Waals surface area contributed by atoms with Gasteiger partial charge < -0.3 is 19.7 Å². The summed E-state index contributed by atoms with van der Waals surface area (Å²) in [6.45, 7) is 4.68. The van der Waals surface area contributed by atoms with Crippen molar-refractivity contribution in [3.8, 4) is 5.75 Å². The first-order chi connectivity index (χ1) is 13.7. The predicted molar refractivity (Wildman–Crippen MR) is 108 cm³/mol. The van der Waals surface area contributed by atoms with Gasteiger partial charge >= 0.3 is 0 Å². The molecule has 0 bridgehead atoms. The summed E-state index contributed by atoms with van der Waals surface area (Å²) in [5.41, 5.74) is 1.42. The number of amides is 2. The highest BCUT2D eigenvalue weighted by Crippen LogP contribution is 2.34. The van der Waals surface area contributed by atoms with E-state index in [1.807, 2.05) is 29.6 Å². The van der Waals surface area contributed by atoms with Gasteiger partial charge in [0.15, 0.2) is 6.61 Å². The molecule has 28 heavy (non-hydrogen) atoms. The van der Waals surface area contributed by atoms with E-state index < -0.39 is 0 Å². The molecule has 0 radical (unpaired) electrons. The number of nitrogens with zero attached hydrogens (tertiary/aromatic N) is 2. The summed E-state index contributed by atoms with van der Waals surface area (Å²) < 4.78 is 11.0. The third-order valence-corrected chi connectivity index (χ3v) is 5.72. The summed E-state index contributed by atoms with van der Waals surface area (Å²) in [5, 5.41) is 4.86. The maximum Gasteiger partial charge on any atom is 0.265 e. The number of carbonyl (C=O) groups is 2. The molecule has 1 aromatic heterocycles. The molecular formula is C20H23N3O4S. The van der Waals surface area contributed by atoms with Crippen LogP contribution in [0.5, 0.6) is 5.75 Å². The molecule has 148 valence electrons. The molecule has 0 unspecified atom stereocenters. The summed E-state index contributed by atoms with van der Waals surface area (Å²) >= 11 is 1.56. The van der Waals surface area contributed by atoms with E-state index in [4.69, 9.17) is 9.47 Å². The first kappa shape index (κ1) is 18.9. The first-order valence-corrected chi connectivity index (χ1v) is 10.3. The van der Waals surface area contributed by atoms with Crippen molar-refractivity contribution in [3.63, 3.8) is 0 Å². The van der Waals surface area contributed by atoms with Gasteiger partial charge in [0.2, 0.25) is 5.91 Å². The van der Waals surface area contributed by atoms with Gasteiger partial charge in [-0.1, -0.05) is 6.07 Å². The van der Waals surface area contributed by atoms with Crippen molar-refractivity contribution in [2.45, 2.75) is 6.42 Å². The molecule has 1 saturated heterocycles. The zero-order chi connectivity index (χ0) is 19.3. The Balaban J connectivity index is 1.41. The molecule has 2 aromatic rings. The van der Waals surface area contributed by atoms with Crippen LogP contribution in [0.1, 0.15) is 4.88 Å². The second-order valence-corrected chi connectivity index (χ2v) is 7.81. The Hall–Kier alpha value is -2.42. The second-order valence-electron chi connectivity index (χ2n) is 6.77. The first-order valence-electron chi connectivity index (χ1n) is 9.38. The summed E-state index contributed by atoms with van der Waals surface area (Å²) in [6, 6.07) is 9.32. The van der Waals surface area contributed by atoms with Crippen molar-refractivity contribution >= 4 is 34.5 Å². The molecule has 1 fully saturated rings. The lowest BCUT2D eigenvalue weighted by Crippen LogP contribution is -2.45. The fourth-order valence-corrected chi connectivity index (χ4v) is 4.07. The van der Waals surface area contributed by atoms with Crippen LogP contribution in [0.25, 0.3) is 0 Å². The van der Waals surface area contributed by atoms with Gasteiger partial charge in [-0.25, -0.2) is 0 Å². The van der Waals surface area contributed by atoms with Gasteiger partial charge in [-0.2, -0.15) is 0 Å². The number of anilines is 2. The Morgan fingerprint density at radius 3 is 2.82 bits per heavy atom. The molecule has 2 aliphatic heterocycles. The van der Waals surface area contributed by atoms with Crippen molar-refractivity contribution in [2.75, 3.05) is 56.2 Å². The Morgan fingerprint density at radius 1 is 1.18 bits per heavy atom. The Morgan fingerprint density at radius 2 is 2.04 bits per heavy atom. The van der Waals surface area contributed by atoms with Gasteiger partial charge in [0.05, 0.1) is 25.3 Å². The number of ether oxygens (including phenoxy) is 2. The smallest absolute Gasteiger partial charge is 0.265 e. The maximum absolute atomic E-state index is 12.4. The molecule has 0 spiro atoms. The molecule has 2 aliphatic rings. The van der Waals surface area contributed by atoms with Crippen molar-refractivity contribution < 1.29 is 19.1 Å². The fraction of sp³-hybridized carbons (Fsp3) is 0.400. The molecule has 1 aromatic carbocycles. The zero-order valence-electron chi connectivity index (χ0n) is 15.6. The third kappa shape index (κ3) is 4.52. The lowest BCUT2D eigenvalue weighted by atomic mass is 10.2. The van der Waals surface area contributed by atoms with Crippen LogP contribution < -0.4 is 15.0 Å². The highest BCUT2D eigenvalue weighted by Gasteiger charge is 2.26. The van der Waals surface area contributed by atoms with Gasteiger partial charge in [-0.05, 0) is 23.6 Å². The van der Waals surface area contributed by atoms with Crippen LogP contribution in [0.2, 0.25) is 0 Å². The minimum Gasteiger partial charge on any atom is -0.481 e. The lowest BCUT2D eigenvalue weighted by Gasteiger charge is -2.33. The van der Waals surface area contributed by atoms with E-state index in [0.29, 0.717) is 24.4 Å². The number of carbonyl (C=O) groups excluding carboxylic acids is 2. The molecular weight excluding hydrogens is 378 g/mol. The van der Waals surface area contributed by atoms with Crippen LogP contribution in [0.3, 0.4) is 0 Å². The Labute approximate surface area is 167 Å². The molecule has 2 amide bonds. The fourth-order valence-electron chi connectivity index (χ4n) is 3.37. The minimum atomic E-state index is -0.0709. The van der Waals surface area contributed by atoms with Gasteiger partial charge in [0.25, 0.3) is 5.91 Å². The number of benzene rings is 1. The molecule has 7 nitrogen and oxygen atoms in total. The van der Waals surface area contributed by atoms with Crippen LogP contribution in [0, 0.1) is 0 Å². The summed E-state index contributed by atoms with van der Waals surface area (Å²) in [4.78, 5) is 29.7. The van der Waals surface area contributed by atoms with Crippen LogP contribution >= 0.6 is 11.3 Å². The van der Waals surface area contributed by atoms with E-state index in [2.05, 4.69) is 10.2 Å². The van der Waals surface area contributed by atoms with Crippen LogP contribution in [0.15, 0.2) is 35.7 Å². The van der Waals surface area contributed by atoms with Crippen LogP contribution in [0.4, 0.5) is 11.4 Å². The lowest BCUT2D eigenvalue weighted by molar-refractivity contribution is -0.121. The average molecular weight is 401 g/mol. The Kier molecular flexibility index (Phi) is 5.90. The average Bonchev–Trinajstić information content (AvgIpc) is 3.21. The van der Waals surface area contributed by atoms with Gasteiger partial charge in [-0.15, -0.1) is 11.3 Å². The van der Waals surface area contributed by atoms with Crippen LogP contribution in [-0.2, 0) is 20.7 Å². The molecule has 8 heteroatoms. The predicted octanol–water partition coefficient (Wildman–Crippen LogP) is 1.99.